The molecule has 0 aromatic rings. The maximum atomic E-state index is 10.5. The van der Waals surface area contributed by atoms with Crippen LogP contribution in [0.5, 0.6) is 0 Å². The average Bonchev–Trinajstić information content (AvgIpc) is 2.14. The highest BCUT2D eigenvalue weighted by Crippen LogP contribution is 2.61. The lowest BCUT2D eigenvalue weighted by Gasteiger charge is -2.60. The first-order valence-corrected chi connectivity index (χ1v) is 7.07. The zero-order valence-corrected chi connectivity index (χ0v) is 11.8. The summed E-state index contributed by atoms with van der Waals surface area (Å²) < 4.78 is 0. The fourth-order valence-corrected chi connectivity index (χ4v) is 5.03. The van der Waals surface area contributed by atoms with Gasteiger partial charge in [0.15, 0.2) is 0 Å². The van der Waals surface area contributed by atoms with Crippen LogP contribution >= 0.6 is 0 Å². The Hall–Kier alpha value is -0.0800. The van der Waals surface area contributed by atoms with E-state index in [1.54, 1.807) is 0 Å². The first-order valence-electron chi connectivity index (χ1n) is 7.07. The monoisotopic (exact) mass is 240 g/mol. The van der Waals surface area contributed by atoms with Crippen LogP contribution in [0.1, 0.15) is 59.8 Å². The molecule has 2 heteroatoms. The molecular weight excluding hydrogens is 212 g/mol. The molecule has 100 valence electrons. The standard InChI is InChI=1S/C15H28O2/c1-13(2)7-5-8-14(3)11(13)6-9-15(4,17)12(14)10-16/h11-12,16-17H,5-10H2,1-4H3/t11-,12?,14-,15+/m0/s1. The third-order valence-corrected chi connectivity index (χ3v) is 5.94. The average molecular weight is 240 g/mol. The third kappa shape index (κ3) is 1.94. The van der Waals surface area contributed by atoms with Crippen LogP contribution in [0.4, 0.5) is 0 Å². The summed E-state index contributed by atoms with van der Waals surface area (Å²) in [5.74, 6) is 0.675. The number of fused-ring (bicyclic) bond motifs is 1. The lowest BCUT2D eigenvalue weighted by Crippen LogP contribution is -2.58. The molecule has 2 saturated carbocycles. The van der Waals surface area contributed by atoms with Crippen LogP contribution in [-0.4, -0.2) is 22.4 Å². The van der Waals surface area contributed by atoms with Crippen LogP contribution in [0.25, 0.3) is 0 Å². The molecule has 0 aromatic carbocycles. The predicted octanol–water partition coefficient (Wildman–Crippen LogP) is 2.97. The fraction of sp³-hybridized carbons (Fsp3) is 1.00. The van der Waals surface area contributed by atoms with Gasteiger partial charge in [-0.1, -0.05) is 27.2 Å². The molecule has 17 heavy (non-hydrogen) atoms. The Balaban J connectivity index is 2.37. The maximum absolute atomic E-state index is 10.5. The maximum Gasteiger partial charge on any atom is 0.0675 e. The number of hydrogen-bond acceptors (Lipinski definition) is 2. The second-order valence-corrected chi connectivity index (χ2v) is 7.53. The van der Waals surface area contributed by atoms with E-state index in [1.165, 1.54) is 12.8 Å². The quantitative estimate of drug-likeness (QED) is 0.740. The van der Waals surface area contributed by atoms with Crippen LogP contribution in [0.2, 0.25) is 0 Å². The smallest absolute Gasteiger partial charge is 0.0675 e. The number of hydrogen-bond donors (Lipinski definition) is 2. The van der Waals surface area contributed by atoms with E-state index in [0.29, 0.717) is 11.3 Å². The lowest BCUT2D eigenvalue weighted by atomic mass is 9.46. The van der Waals surface area contributed by atoms with Gasteiger partial charge in [-0.3, -0.25) is 0 Å². The van der Waals surface area contributed by atoms with Gasteiger partial charge in [-0.2, -0.15) is 0 Å². The first-order chi connectivity index (χ1) is 7.74. The largest absolute Gasteiger partial charge is 0.396 e. The Bertz CT molecular complexity index is 283. The second kappa shape index (κ2) is 3.96. The van der Waals surface area contributed by atoms with Gasteiger partial charge in [0.1, 0.15) is 0 Å². The molecule has 0 heterocycles. The van der Waals surface area contributed by atoms with Crippen molar-refractivity contribution in [1.82, 2.24) is 0 Å². The summed E-state index contributed by atoms with van der Waals surface area (Å²) in [6.45, 7) is 9.06. The molecule has 0 aliphatic heterocycles. The third-order valence-electron chi connectivity index (χ3n) is 5.94. The minimum Gasteiger partial charge on any atom is -0.396 e. The Morgan fingerprint density at radius 3 is 2.29 bits per heavy atom. The van der Waals surface area contributed by atoms with E-state index in [1.807, 2.05) is 6.92 Å². The summed E-state index contributed by atoms with van der Waals surface area (Å²) in [4.78, 5) is 0. The summed E-state index contributed by atoms with van der Waals surface area (Å²) >= 11 is 0. The van der Waals surface area contributed by atoms with Crippen molar-refractivity contribution in [2.24, 2.45) is 22.7 Å². The predicted molar refractivity (Wildman–Crippen MR) is 69.7 cm³/mol. The van der Waals surface area contributed by atoms with Crippen molar-refractivity contribution < 1.29 is 10.2 Å². The molecule has 2 fully saturated rings. The van der Waals surface area contributed by atoms with Gasteiger partial charge in [0.05, 0.1) is 5.60 Å². The molecule has 0 amide bonds. The molecule has 0 bridgehead atoms. The topological polar surface area (TPSA) is 40.5 Å². The summed E-state index contributed by atoms with van der Waals surface area (Å²) in [6, 6.07) is 0. The summed E-state index contributed by atoms with van der Waals surface area (Å²) in [6.07, 6.45) is 5.61. The first kappa shape index (κ1) is 13.4. The van der Waals surface area contributed by atoms with E-state index in [0.717, 1.165) is 19.3 Å². The Morgan fingerprint density at radius 1 is 1.06 bits per heavy atom. The fourth-order valence-electron chi connectivity index (χ4n) is 5.03. The van der Waals surface area contributed by atoms with E-state index in [4.69, 9.17) is 0 Å². The van der Waals surface area contributed by atoms with Crippen LogP contribution in [0.3, 0.4) is 0 Å². The Morgan fingerprint density at radius 2 is 1.71 bits per heavy atom. The highest BCUT2D eigenvalue weighted by atomic mass is 16.3. The van der Waals surface area contributed by atoms with Crippen molar-refractivity contribution in [2.45, 2.75) is 65.4 Å². The van der Waals surface area contributed by atoms with Crippen LogP contribution in [0.15, 0.2) is 0 Å². The number of aliphatic hydroxyl groups excluding tert-OH is 1. The van der Waals surface area contributed by atoms with Crippen molar-refractivity contribution in [3.05, 3.63) is 0 Å². The molecule has 0 saturated heterocycles. The summed E-state index contributed by atoms with van der Waals surface area (Å²) in [5.41, 5.74) is -0.220. The van der Waals surface area contributed by atoms with Gasteiger partial charge < -0.3 is 10.2 Å². The molecule has 2 rings (SSSR count). The van der Waals surface area contributed by atoms with Gasteiger partial charge in [-0.05, 0) is 49.4 Å². The Labute approximate surface area is 105 Å². The molecule has 0 aromatic heterocycles. The van der Waals surface area contributed by atoms with Crippen LogP contribution < -0.4 is 0 Å². The summed E-state index contributed by atoms with van der Waals surface area (Å²) in [7, 11) is 0. The van der Waals surface area contributed by atoms with Crippen molar-refractivity contribution in [3.63, 3.8) is 0 Å². The van der Waals surface area contributed by atoms with Crippen molar-refractivity contribution in [2.75, 3.05) is 6.61 Å². The molecule has 0 spiro atoms. The number of aliphatic hydroxyl groups is 2. The van der Waals surface area contributed by atoms with Crippen molar-refractivity contribution >= 4 is 0 Å². The molecule has 2 aliphatic carbocycles. The van der Waals surface area contributed by atoms with Crippen molar-refractivity contribution in [1.29, 1.82) is 0 Å². The van der Waals surface area contributed by atoms with E-state index in [-0.39, 0.29) is 17.9 Å². The van der Waals surface area contributed by atoms with Crippen LogP contribution in [0, 0.1) is 22.7 Å². The lowest BCUT2D eigenvalue weighted by molar-refractivity contribution is -0.178. The molecule has 2 N–H and O–H groups in total. The van der Waals surface area contributed by atoms with E-state index >= 15 is 0 Å². The van der Waals surface area contributed by atoms with Gasteiger partial charge in [0.2, 0.25) is 0 Å². The molecule has 4 atom stereocenters. The van der Waals surface area contributed by atoms with Gasteiger partial charge in [-0.25, -0.2) is 0 Å². The highest BCUT2D eigenvalue weighted by molar-refractivity contribution is 5.07. The van der Waals surface area contributed by atoms with Gasteiger partial charge >= 0.3 is 0 Å². The van der Waals surface area contributed by atoms with Crippen LogP contribution in [-0.2, 0) is 0 Å². The Kier molecular flexibility index (Phi) is 3.11. The number of rotatable bonds is 1. The van der Waals surface area contributed by atoms with Crippen molar-refractivity contribution in [3.8, 4) is 0 Å². The van der Waals surface area contributed by atoms with E-state index in [9.17, 15) is 10.2 Å². The van der Waals surface area contributed by atoms with Gasteiger partial charge in [-0.15, -0.1) is 0 Å². The second-order valence-electron chi connectivity index (χ2n) is 7.53. The highest BCUT2D eigenvalue weighted by Gasteiger charge is 2.57. The SMILES string of the molecule is CC1(C)CCC[C@]2(C)C(CO)[C@](C)(O)CC[C@@H]12. The molecule has 0 radical (unpaired) electrons. The minimum absolute atomic E-state index is 0.0355. The van der Waals surface area contributed by atoms with E-state index in [2.05, 4.69) is 20.8 Å². The molecular formula is C15H28O2. The minimum atomic E-state index is -0.687. The van der Waals surface area contributed by atoms with Gasteiger partial charge in [0, 0.05) is 12.5 Å². The normalized spacial score (nSPS) is 49.8. The zero-order valence-electron chi connectivity index (χ0n) is 11.8. The van der Waals surface area contributed by atoms with Gasteiger partial charge in [0.25, 0.3) is 0 Å². The molecule has 2 nitrogen and oxygen atoms in total. The molecule has 2 aliphatic rings. The molecule has 1 unspecified atom stereocenters. The zero-order chi connectivity index (χ0) is 12.9. The summed E-state index contributed by atoms with van der Waals surface area (Å²) in [5, 5.41) is 20.3. The van der Waals surface area contributed by atoms with E-state index < -0.39 is 5.60 Å².